The van der Waals surface area contributed by atoms with Gasteiger partial charge in [-0.2, -0.15) is 0 Å². The number of rotatable bonds is 3. The molecule has 4 nitrogen and oxygen atoms in total. The van der Waals surface area contributed by atoms with Crippen molar-refractivity contribution in [3.05, 3.63) is 50.9 Å². The molecule has 0 fully saturated rings. The molecule has 0 spiro atoms. The number of aryl methyl sites for hydroxylation is 3. The Kier molecular flexibility index (Phi) is 3.81. The van der Waals surface area contributed by atoms with Crippen molar-refractivity contribution in [1.29, 1.82) is 0 Å². The predicted molar refractivity (Wildman–Crippen MR) is 75.3 cm³/mol. The summed E-state index contributed by atoms with van der Waals surface area (Å²) in [5.41, 5.74) is 4.23. The summed E-state index contributed by atoms with van der Waals surface area (Å²) in [6.45, 7) is 5.78. The molecule has 0 saturated carbocycles. The minimum atomic E-state index is -0.171. The van der Waals surface area contributed by atoms with Crippen LogP contribution < -0.4 is 5.56 Å². The van der Waals surface area contributed by atoms with Crippen LogP contribution in [-0.2, 0) is 6.42 Å². The van der Waals surface area contributed by atoms with Gasteiger partial charge in [0, 0.05) is 29.8 Å². The lowest BCUT2D eigenvalue weighted by Gasteiger charge is -2.08. The largest absolute Gasteiger partial charge is 0.396 e. The van der Waals surface area contributed by atoms with Crippen molar-refractivity contribution >= 4 is 0 Å². The van der Waals surface area contributed by atoms with E-state index in [1.807, 2.05) is 26.0 Å². The SMILES string of the molecule is Cc1cc(C)cc(-c2nc(C)c(CCO)c(=O)[nH]2)c1. The fourth-order valence-electron chi connectivity index (χ4n) is 2.26. The van der Waals surface area contributed by atoms with E-state index in [4.69, 9.17) is 5.11 Å². The Morgan fingerprint density at radius 3 is 2.32 bits per heavy atom. The van der Waals surface area contributed by atoms with Crippen LogP contribution in [0, 0.1) is 20.8 Å². The molecule has 0 bridgehead atoms. The molecule has 0 aliphatic heterocycles. The summed E-state index contributed by atoms with van der Waals surface area (Å²) in [7, 11) is 0. The van der Waals surface area contributed by atoms with Crippen LogP contribution in [0.5, 0.6) is 0 Å². The molecule has 100 valence electrons. The lowest BCUT2D eigenvalue weighted by Crippen LogP contribution is -2.18. The number of aromatic nitrogens is 2. The minimum absolute atomic E-state index is 0.0471. The summed E-state index contributed by atoms with van der Waals surface area (Å²) in [5, 5.41) is 8.95. The second-order valence-corrected chi connectivity index (χ2v) is 4.83. The van der Waals surface area contributed by atoms with Crippen LogP contribution in [0.2, 0.25) is 0 Å². The molecule has 2 aromatic rings. The second kappa shape index (κ2) is 5.36. The van der Waals surface area contributed by atoms with Crippen molar-refractivity contribution < 1.29 is 5.11 Å². The Labute approximate surface area is 112 Å². The smallest absolute Gasteiger partial charge is 0.254 e. The number of aliphatic hydroxyl groups is 1. The molecule has 0 amide bonds. The van der Waals surface area contributed by atoms with Crippen LogP contribution in [-0.4, -0.2) is 21.7 Å². The van der Waals surface area contributed by atoms with Gasteiger partial charge in [-0.15, -0.1) is 0 Å². The van der Waals surface area contributed by atoms with Gasteiger partial charge in [0.1, 0.15) is 5.82 Å². The maximum Gasteiger partial charge on any atom is 0.254 e. The highest BCUT2D eigenvalue weighted by Gasteiger charge is 2.09. The molecule has 0 saturated heterocycles. The third kappa shape index (κ3) is 2.90. The van der Waals surface area contributed by atoms with E-state index >= 15 is 0 Å². The highest BCUT2D eigenvalue weighted by atomic mass is 16.3. The average Bonchev–Trinajstić information content (AvgIpc) is 2.32. The van der Waals surface area contributed by atoms with Gasteiger partial charge in [-0.25, -0.2) is 4.98 Å². The molecular formula is C15H18N2O2. The first kappa shape index (κ1) is 13.5. The van der Waals surface area contributed by atoms with Crippen LogP contribution in [0.3, 0.4) is 0 Å². The van der Waals surface area contributed by atoms with Gasteiger partial charge < -0.3 is 10.1 Å². The zero-order chi connectivity index (χ0) is 14.0. The van der Waals surface area contributed by atoms with E-state index in [-0.39, 0.29) is 12.2 Å². The molecule has 0 aliphatic carbocycles. The lowest BCUT2D eigenvalue weighted by atomic mass is 10.1. The molecule has 1 aromatic carbocycles. The van der Waals surface area contributed by atoms with Crippen LogP contribution in [0.15, 0.2) is 23.0 Å². The summed E-state index contributed by atoms with van der Waals surface area (Å²) in [5.74, 6) is 0.580. The summed E-state index contributed by atoms with van der Waals surface area (Å²) >= 11 is 0. The molecule has 1 heterocycles. The van der Waals surface area contributed by atoms with Crippen molar-refractivity contribution in [2.24, 2.45) is 0 Å². The normalized spacial score (nSPS) is 10.7. The van der Waals surface area contributed by atoms with E-state index < -0.39 is 0 Å². The van der Waals surface area contributed by atoms with Gasteiger partial charge in [0.05, 0.1) is 0 Å². The van der Waals surface area contributed by atoms with Gasteiger partial charge in [0.2, 0.25) is 0 Å². The summed E-state index contributed by atoms with van der Waals surface area (Å²) in [6.07, 6.45) is 0.335. The summed E-state index contributed by atoms with van der Waals surface area (Å²) in [6, 6.07) is 6.07. The molecule has 2 N–H and O–H groups in total. The van der Waals surface area contributed by atoms with E-state index in [0.29, 0.717) is 23.5 Å². The minimum Gasteiger partial charge on any atom is -0.396 e. The molecule has 0 radical (unpaired) electrons. The zero-order valence-electron chi connectivity index (χ0n) is 11.4. The first-order chi connectivity index (χ1) is 9.01. The zero-order valence-corrected chi connectivity index (χ0v) is 11.4. The average molecular weight is 258 g/mol. The third-order valence-corrected chi connectivity index (χ3v) is 3.08. The predicted octanol–water partition coefficient (Wildman–Crippen LogP) is 1.90. The number of H-pyrrole nitrogens is 1. The fourth-order valence-corrected chi connectivity index (χ4v) is 2.26. The molecule has 19 heavy (non-hydrogen) atoms. The first-order valence-electron chi connectivity index (χ1n) is 6.30. The molecule has 1 aromatic heterocycles. The van der Waals surface area contributed by atoms with Crippen LogP contribution in [0.4, 0.5) is 0 Å². The lowest BCUT2D eigenvalue weighted by molar-refractivity contribution is 0.298. The van der Waals surface area contributed by atoms with Crippen molar-refractivity contribution in [1.82, 2.24) is 9.97 Å². The molecule has 2 rings (SSSR count). The molecular weight excluding hydrogens is 240 g/mol. The Balaban J connectivity index is 2.55. The first-order valence-corrected chi connectivity index (χ1v) is 6.30. The van der Waals surface area contributed by atoms with E-state index in [2.05, 4.69) is 16.0 Å². The Hall–Kier alpha value is -1.94. The van der Waals surface area contributed by atoms with Gasteiger partial charge >= 0.3 is 0 Å². The second-order valence-electron chi connectivity index (χ2n) is 4.83. The third-order valence-electron chi connectivity index (χ3n) is 3.08. The van der Waals surface area contributed by atoms with Crippen molar-refractivity contribution in [2.75, 3.05) is 6.61 Å². The van der Waals surface area contributed by atoms with E-state index in [0.717, 1.165) is 16.7 Å². The highest BCUT2D eigenvalue weighted by molar-refractivity contribution is 5.57. The van der Waals surface area contributed by atoms with Gasteiger partial charge in [0.15, 0.2) is 0 Å². The van der Waals surface area contributed by atoms with Crippen molar-refractivity contribution in [3.8, 4) is 11.4 Å². The maximum absolute atomic E-state index is 12.0. The van der Waals surface area contributed by atoms with E-state index in [1.54, 1.807) is 6.92 Å². The van der Waals surface area contributed by atoms with Crippen LogP contribution in [0.1, 0.15) is 22.4 Å². The number of hydrogen-bond donors (Lipinski definition) is 2. The molecule has 4 heteroatoms. The monoisotopic (exact) mass is 258 g/mol. The number of nitrogens with one attached hydrogen (secondary N) is 1. The van der Waals surface area contributed by atoms with Gasteiger partial charge in [-0.05, 0) is 32.9 Å². The number of aliphatic hydroxyl groups excluding tert-OH is 1. The molecule has 0 unspecified atom stereocenters. The maximum atomic E-state index is 12.0. The Morgan fingerprint density at radius 2 is 1.79 bits per heavy atom. The number of aromatic amines is 1. The van der Waals surface area contributed by atoms with E-state index in [1.165, 1.54) is 0 Å². The quantitative estimate of drug-likeness (QED) is 0.883. The number of benzene rings is 1. The highest BCUT2D eigenvalue weighted by Crippen LogP contribution is 2.18. The van der Waals surface area contributed by atoms with Gasteiger partial charge in [-0.1, -0.05) is 17.2 Å². The molecule has 0 aliphatic rings. The fraction of sp³-hybridized carbons (Fsp3) is 0.333. The van der Waals surface area contributed by atoms with Crippen molar-refractivity contribution in [2.45, 2.75) is 27.2 Å². The number of nitrogens with zero attached hydrogens (tertiary/aromatic N) is 1. The number of hydrogen-bond acceptors (Lipinski definition) is 3. The summed E-state index contributed by atoms with van der Waals surface area (Å²) < 4.78 is 0. The van der Waals surface area contributed by atoms with Crippen LogP contribution >= 0.6 is 0 Å². The van der Waals surface area contributed by atoms with Gasteiger partial charge in [0.25, 0.3) is 5.56 Å². The standard InChI is InChI=1S/C15H18N2O2/c1-9-6-10(2)8-12(7-9)14-16-11(3)13(4-5-18)15(19)17-14/h6-8,18H,4-5H2,1-3H3,(H,16,17,19). The van der Waals surface area contributed by atoms with Gasteiger partial charge in [-0.3, -0.25) is 4.79 Å². The van der Waals surface area contributed by atoms with Crippen molar-refractivity contribution in [3.63, 3.8) is 0 Å². The summed E-state index contributed by atoms with van der Waals surface area (Å²) in [4.78, 5) is 19.2. The Bertz CT molecular complexity index is 639. The molecule has 0 atom stereocenters. The van der Waals surface area contributed by atoms with Crippen LogP contribution in [0.25, 0.3) is 11.4 Å². The topological polar surface area (TPSA) is 66.0 Å². The van der Waals surface area contributed by atoms with E-state index in [9.17, 15) is 4.79 Å². The Morgan fingerprint density at radius 1 is 1.16 bits per heavy atom.